The molecule has 0 spiro atoms. The maximum absolute atomic E-state index is 3.78. The number of hydrogen-bond donors (Lipinski definition) is 1. The Morgan fingerprint density at radius 1 is 2.00 bits per heavy atom. The van der Waals surface area contributed by atoms with Gasteiger partial charge in [-0.1, -0.05) is 0 Å². The van der Waals surface area contributed by atoms with E-state index in [-0.39, 0.29) is 0 Å². The van der Waals surface area contributed by atoms with E-state index in [9.17, 15) is 0 Å². The van der Waals surface area contributed by atoms with Crippen molar-refractivity contribution in [1.82, 2.24) is 0 Å². The van der Waals surface area contributed by atoms with Crippen LogP contribution in [0.25, 0.3) is 0 Å². The summed E-state index contributed by atoms with van der Waals surface area (Å²) in [6.45, 7) is 2.02. The van der Waals surface area contributed by atoms with E-state index >= 15 is 0 Å². The van der Waals surface area contributed by atoms with Crippen molar-refractivity contribution in [2.45, 2.75) is 0 Å². The van der Waals surface area contributed by atoms with Gasteiger partial charge in [0.25, 0.3) is 0 Å². The average molecular weight is 89.9 g/mol. The Bertz CT molecular complexity index is 23.2. The monoisotopic (exact) mass is 90.0 g/mol. The first-order valence-corrected chi connectivity index (χ1v) is 2.89. The number of hydrogen-bond acceptors (Lipinski definition) is 0. The van der Waals surface area contributed by atoms with Crippen molar-refractivity contribution in [3.8, 4) is 0 Å². The van der Waals surface area contributed by atoms with Crippen molar-refractivity contribution in [3.05, 3.63) is 0 Å². The van der Waals surface area contributed by atoms with Crippen molar-refractivity contribution in [2.24, 2.45) is 0 Å². The van der Waals surface area contributed by atoms with Crippen molar-refractivity contribution >= 4 is 26.4 Å². The summed E-state index contributed by atoms with van der Waals surface area (Å²) in [4.78, 5) is 0. The van der Waals surface area contributed by atoms with Gasteiger partial charge >= 0.3 is 33.1 Å². The van der Waals surface area contributed by atoms with Crippen LogP contribution in [0.15, 0.2) is 0 Å². The maximum atomic E-state index is 3.78. The molecule has 0 amide bonds. The van der Waals surface area contributed by atoms with Crippen LogP contribution in [-0.4, -0.2) is 12.6 Å². The minimum absolute atomic E-state index is 1.24. The molecule has 0 rings (SSSR count). The molecule has 0 N–H and O–H groups in total. The zero-order chi connectivity index (χ0) is 3.41. The van der Waals surface area contributed by atoms with E-state index in [1.165, 1.54) is 8.07 Å². The van der Waals surface area contributed by atoms with Crippen LogP contribution in [0.1, 0.15) is 0 Å². The predicted molar refractivity (Wildman–Crippen MR) is 27.6 cm³/mol. The fourth-order valence-electron chi connectivity index (χ4n) is 0. The summed E-state index contributed by atoms with van der Waals surface area (Å²) in [6, 6.07) is 0. The topological polar surface area (TPSA) is 0 Å². The Morgan fingerprint density at radius 2 is 2.25 bits per heavy atom. The van der Waals surface area contributed by atoms with Crippen LogP contribution in [0.3, 0.4) is 0 Å². The molecule has 0 fully saturated rings. The van der Waals surface area contributed by atoms with Crippen LogP contribution in [0.5, 0.6) is 0 Å². The Hall–Kier alpha value is 0.715. The molecule has 0 unspecified atom stereocenters. The third-order valence-corrected chi connectivity index (χ3v) is 1.04. The molecule has 0 radical (unpaired) electrons. The molecule has 0 nitrogen and oxygen atoms in total. The molecule has 0 aromatic rings. The summed E-state index contributed by atoms with van der Waals surface area (Å²) in [5.41, 5.74) is 0. The SMILES string of the molecule is CP=BS. The Kier molecular flexibility index (Phi) is 4.38. The van der Waals surface area contributed by atoms with Crippen molar-refractivity contribution in [3.63, 3.8) is 0 Å². The van der Waals surface area contributed by atoms with Gasteiger partial charge in [0, 0.05) is 0 Å². The number of thiol groups is 1. The standard InChI is InChI=1S/CH4BPS/c1-3-2-4/h4H,1H3. The van der Waals surface area contributed by atoms with E-state index in [0.29, 0.717) is 0 Å². The molecule has 0 aliphatic heterocycles. The van der Waals surface area contributed by atoms with Gasteiger partial charge in [0.05, 0.1) is 0 Å². The first-order valence-electron chi connectivity index (χ1n) is 0.964. The van der Waals surface area contributed by atoms with Crippen LogP contribution in [0, 0.1) is 0 Å². The predicted octanol–water partition coefficient (Wildman–Crippen LogP) is 1.03. The van der Waals surface area contributed by atoms with E-state index in [4.69, 9.17) is 0 Å². The van der Waals surface area contributed by atoms with Crippen LogP contribution in [-0.2, 0) is 0 Å². The summed E-state index contributed by atoms with van der Waals surface area (Å²) < 4.78 is 0. The fraction of sp³-hybridized carbons (Fsp3) is 1.00. The van der Waals surface area contributed by atoms with E-state index in [2.05, 4.69) is 12.5 Å². The molecule has 3 heteroatoms. The normalized spacial score (nSPS) is 7.50. The van der Waals surface area contributed by atoms with Crippen molar-refractivity contribution in [2.75, 3.05) is 6.66 Å². The summed E-state index contributed by atoms with van der Waals surface area (Å²) in [5.74, 6) is 1.79. The molecule has 0 atom stereocenters. The van der Waals surface area contributed by atoms with Crippen LogP contribution < -0.4 is 0 Å². The molecule has 0 aromatic carbocycles. The third-order valence-electron chi connectivity index (χ3n) is 0.115. The summed E-state index contributed by atoms with van der Waals surface area (Å²) in [7, 11) is 1.24. The van der Waals surface area contributed by atoms with Crippen molar-refractivity contribution < 1.29 is 0 Å². The van der Waals surface area contributed by atoms with Gasteiger partial charge in [0.15, 0.2) is 0 Å². The summed E-state index contributed by atoms with van der Waals surface area (Å²) in [5, 5.41) is 0. The molecule has 0 saturated carbocycles. The first kappa shape index (κ1) is 4.71. The molecule has 0 saturated heterocycles. The molecule has 0 aliphatic carbocycles. The quantitative estimate of drug-likeness (QED) is 0.256. The molecule has 22 valence electrons. The Morgan fingerprint density at radius 3 is 2.25 bits per heavy atom. The molecule has 0 aromatic heterocycles. The van der Waals surface area contributed by atoms with Gasteiger partial charge in [0.2, 0.25) is 0 Å². The second-order valence-electron chi connectivity index (χ2n) is 0.374. The molecule has 0 bridgehead atoms. The second-order valence-corrected chi connectivity index (χ2v) is 1.81. The van der Waals surface area contributed by atoms with Crippen LogP contribution in [0.4, 0.5) is 0 Å². The Balaban J connectivity index is 2.55. The van der Waals surface area contributed by atoms with E-state index in [1.807, 2.05) is 6.66 Å². The van der Waals surface area contributed by atoms with Gasteiger partial charge in [0.1, 0.15) is 0 Å². The minimum atomic E-state index is 1.24. The summed E-state index contributed by atoms with van der Waals surface area (Å²) in [6.07, 6.45) is 0. The van der Waals surface area contributed by atoms with E-state index in [1.54, 1.807) is 5.90 Å². The molecular formula is CH4BPS. The van der Waals surface area contributed by atoms with Gasteiger partial charge in [-0.25, -0.2) is 0 Å². The van der Waals surface area contributed by atoms with Gasteiger partial charge in [-0.15, -0.1) is 0 Å². The van der Waals surface area contributed by atoms with Crippen molar-refractivity contribution in [1.29, 1.82) is 0 Å². The average Bonchev–Trinajstić information content (AvgIpc) is 1.37. The van der Waals surface area contributed by atoms with Crippen LogP contribution >= 0.6 is 20.6 Å². The van der Waals surface area contributed by atoms with Crippen LogP contribution in [0.2, 0.25) is 0 Å². The molecule has 4 heavy (non-hydrogen) atoms. The zero-order valence-corrected chi connectivity index (χ0v) is 4.26. The van der Waals surface area contributed by atoms with E-state index < -0.39 is 0 Å². The zero-order valence-electron chi connectivity index (χ0n) is 2.47. The van der Waals surface area contributed by atoms with Gasteiger partial charge in [-0.3, -0.25) is 0 Å². The first-order chi connectivity index (χ1) is 1.91. The fourth-order valence-corrected chi connectivity index (χ4v) is 0. The van der Waals surface area contributed by atoms with Gasteiger partial charge in [-0.05, 0) is 0 Å². The van der Waals surface area contributed by atoms with Gasteiger partial charge in [-0.2, -0.15) is 0 Å². The Labute approximate surface area is 33.9 Å². The van der Waals surface area contributed by atoms with E-state index in [0.717, 1.165) is 0 Å². The third kappa shape index (κ3) is 2.71. The molecule has 0 heterocycles. The van der Waals surface area contributed by atoms with Gasteiger partial charge < -0.3 is 0 Å². The molecule has 0 aliphatic rings. The number of rotatable bonds is 0. The second kappa shape index (κ2) is 3.71. The summed E-state index contributed by atoms with van der Waals surface area (Å²) >= 11 is 3.78. The molecular weight excluding hydrogens is 85.9 g/mol.